The summed E-state index contributed by atoms with van der Waals surface area (Å²) in [5.41, 5.74) is 6.81. The van der Waals surface area contributed by atoms with Gasteiger partial charge in [-0.25, -0.2) is 9.97 Å². The smallest absolute Gasteiger partial charge is 0.271 e. The molecule has 0 bridgehead atoms. The van der Waals surface area contributed by atoms with Crippen molar-refractivity contribution in [1.82, 2.24) is 19.7 Å². The Balaban J connectivity index is 1.31. The van der Waals surface area contributed by atoms with Gasteiger partial charge < -0.3 is 24.9 Å². The van der Waals surface area contributed by atoms with Crippen LogP contribution in [0.3, 0.4) is 0 Å². The fourth-order valence-corrected chi connectivity index (χ4v) is 4.28. The average Bonchev–Trinajstić information content (AvgIpc) is 3.20. The molecule has 1 fully saturated rings. The summed E-state index contributed by atoms with van der Waals surface area (Å²) in [5.74, 6) is 0.219. The van der Waals surface area contributed by atoms with Gasteiger partial charge in [0.1, 0.15) is 22.7 Å². The van der Waals surface area contributed by atoms with Crippen LogP contribution >= 0.6 is 0 Å². The first-order valence-corrected chi connectivity index (χ1v) is 10.6. The Morgan fingerprint density at radius 2 is 2.09 bits per heavy atom. The van der Waals surface area contributed by atoms with E-state index in [4.69, 9.17) is 15.2 Å². The Bertz CT molecular complexity index is 1140. The number of amides is 2. The molecule has 1 saturated carbocycles. The van der Waals surface area contributed by atoms with Crippen LogP contribution in [-0.2, 0) is 0 Å². The number of fused-ring (bicyclic) bond motifs is 1. The number of carbonyl (C=O) groups is 2. The molecule has 4 rings (SSSR count). The molecule has 9 nitrogen and oxygen atoms in total. The van der Waals surface area contributed by atoms with Crippen molar-refractivity contribution in [3.05, 3.63) is 54.1 Å². The van der Waals surface area contributed by atoms with E-state index in [9.17, 15) is 9.59 Å². The molecule has 32 heavy (non-hydrogen) atoms. The predicted octanol–water partition coefficient (Wildman–Crippen LogP) is 2.59. The number of pyridine rings is 2. The summed E-state index contributed by atoms with van der Waals surface area (Å²) in [4.78, 5) is 32.7. The van der Waals surface area contributed by atoms with Gasteiger partial charge in [0, 0.05) is 18.4 Å². The lowest BCUT2D eigenvalue weighted by Crippen LogP contribution is -2.51. The second kappa shape index (κ2) is 8.86. The minimum Gasteiger partial charge on any atom is -0.495 e. The van der Waals surface area contributed by atoms with E-state index in [1.165, 1.54) is 0 Å². The number of nitrogens with zero attached hydrogens (tertiary/aromatic N) is 3. The number of nitrogens with two attached hydrogens (primary N) is 1. The summed E-state index contributed by atoms with van der Waals surface area (Å²) in [7, 11) is 1.60. The van der Waals surface area contributed by atoms with Crippen molar-refractivity contribution >= 4 is 17.5 Å². The van der Waals surface area contributed by atoms with Crippen molar-refractivity contribution in [2.75, 3.05) is 13.7 Å². The Hall–Kier alpha value is -3.62. The number of nitrogens with one attached hydrogen (secondary N) is 1. The Labute approximate surface area is 185 Å². The highest BCUT2D eigenvalue weighted by Gasteiger charge is 2.43. The molecule has 0 aliphatic heterocycles. The number of primary amides is 1. The van der Waals surface area contributed by atoms with Crippen molar-refractivity contribution in [3.8, 4) is 11.6 Å². The first-order chi connectivity index (χ1) is 15.4. The zero-order valence-corrected chi connectivity index (χ0v) is 18.2. The maximum atomic E-state index is 12.7. The molecule has 0 radical (unpaired) electrons. The van der Waals surface area contributed by atoms with Crippen LogP contribution in [0.1, 0.15) is 53.5 Å². The second-order valence-electron chi connectivity index (χ2n) is 8.21. The lowest BCUT2D eigenvalue weighted by atomic mass is 9.62. The van der Waals surface area contributed by atoms with Gasteiger partial charge in [0.2, 0.25) is 5.88 Å². The molecule has 0 spiro atoms. The van der Waals surface area contributed by atoms with Gasteiger partial charge >= 0.3 is 0 Å². The van der Waals surface area contributed by atoms with E-state index >= 15 is 0 Å². The van der Waals surface area contributed by atoms with Crippen LogP contribution in [0.5, 0.6) is 11.6 Å². The molecule has 3 aromatic rings. The third-order valence-electron chi connectivity index (χ3n) is 6.24. The first-order valence-electron chi connectivity index (χ1n) is 10.6. The zero-order chi connectivity index (χ0) is 22.7. The topological polar surface area (TPSA) is 121 Å². The van der Waals surface area contributed by atoms with E-state index in [-0.39, 0.29) is 28.8 Å². The molecule has 2 amide bonds. The Morgan fingerprint density at radius 1 is 1.28 bits per heavy atom. The maximum Gasteiger partial charge on any atom is 0.271 e. The number of ether oxygens (including phenoxy) is 2. The number of rotatable bonds is 9. The van der Waals surface area contributed by atoms with Gasteiger partial charge in [-0.15, -0.1) is 0 Å². The standard InChI is InChI=1S/C23H27N5O4/c1-3-23(8-10-32-22-17(20(24)29)5-4-9-25-22)11-15(12-23)26-21(30)18-14-28-13-16(31-2)6-7-19(28)27-18/h4-7,9,13-15H,3,8,10-12H2,1-2H3,(H2,24,29)(H,26,30)/t15-,23-. The van der Waals surface area contributed by atoms with Crippen LogP contribution in [0, 0.1) is 5.41 Å². The van der Waals surface area contributed by atoms with Crippen molar-refractivity contribution in [2.24, 2.45) is 11.1 Å². The highest BCUT2D eigenvalue weighted by atomic mass is 16.5. The van der Waals surface area contributed by atoms with E-state index in [1.807, 2.05) is 12.1 Å². The molecule has 1 aliphatic rings. The van der Waals surface area contributed by atoms with Crippen LogP contribution in [0.25, 0.3) is 5.65 Å². The summed E-state index contributed by atoms with van der Waals surface area (Å²) >= 11 is 0. The van der Waals surface area contributed by atoms with E-state index < -0.39 is 5.91 Å². The predicted molar refractivity (Wildman–Crippen MR) is 118 cm³/mol. The van der Waals surface area contributed by atoms with Crippen LogP contribution in [0.4, 0.5) is 0 Å². The largest absolute Gasteiger partial charge is 0.495 e. The third-order valence-corrected chi connectivity index (χ3v) is 6.24. The van der Waals surface area contributed by atoms with Crippen molar-refractivity contribution in [3.63, 3.8) is 0 Å². The molecule has 3 heterocycles. The Kier molecular flexibility index (Phi) is 5.98. The highest BCUT2D eigenvalue weighted by Crippen LogP contribution is 2.47. The summed E-state index contributed by atoms with van der Waals surface area (Å²) in [5, 5.41) is 3.08. The maximum absolute atomic E-state index is 12.7. The van der Waals surface area contributed by atoms with Crippen LogP contribution in [0.15, 0.2) is 42.9 Å². The number of methoxy groups -OCH3 is 1. The van der Waals surface area contributed by atoms with E-state index in [1.54, 1.807) is 42.2 Å². The third kappa shape index (κ3) is 4.37. The first kappa shape index (κ1) is 21.6. The summed E-state index contributed by atoms with van der Waals surface area (Å²) in [6, 6.07) is 6.97. The highest BCUT2D eigenvalue weighted by molar-refractivity contribution is 5.95. The van der Waals surface area contributed by atoms with Gasteiger partial charge in [0.25, 0.3) is 11.8 Å². The molecule has 3 aromatic heterocycles. The van der Waals surface area contributed by atoms with E-state index in [2.05, 4.69) is 22.2 Å². The molecule has 0 saturated heterocycles. The van der Waals surface area contributed by atoms with Crippen LogP contribution in [-0.4, -0.2) is 45.9 Å². The number of aromatic nitrogens is 3. The van der Waals surface area contributed by atoms with E-state index in [0.29, 0.717) is 23.7 Å². The lowest BCUT2D eigenvalue weighted by Gasteiger charge is -2.47. The molecule has 168 valence electrons. The molecule has 1 aliphatic carbocycles. The van der Waals surface area contributed by atoms with Gasteiger partial charge in [0.05, 0.1) is 19.9 Å². The normalized spacial score (nSPS) is 19.9. The SMILES string of the molecule is CC[C@]1(CCOc2ncccc2C(N)=O)C[C@H](NC(=O)c2cn3cc(OC)ccc3n2)C1. The summed E-state index contributed by atoms with van der Waals surface area (Å²) < 4.78 is 12.7. The molecule has 0 aromatic carbocycles. The van der Waals surface area contributed by atoms with Gasteiger partial charge in [-0.05, 0) is 48.9 Å². The van der Waals surface area contributed by atoms with Crippen LogP contribution in [0.2, 0.25) is 0 Å². The van der Waals surface area contributed by atoms with Crippen molar-refractivity contribution in [1.29, 1.82) is 0 Å². The van der Waals surface area contributed by atoms with Gasteiger partial charge in [-0.3, -0.25) is 9.59 Å². The Morgan fingerprint density at radius 3 is 2.81 bits per heavy atom. The molecule has 0 atom stereocenters. The fraction of sp³-hybridized carbons (Fsp3) is 0.391. The average molecular weight is 438 g/mol. The number of imidazole rings is 1. The number of carbonyl (C=O) groups excluding carboxylic acids is 2. The fourth-order valence-electron chi connectivity index (χ4n) is 4.28. The molecular weight excluding hydrogens is 410 g/mol. The summed E-state index contributed by atoms with van der Waals surface area (Å²) in [6.07, 6.45) is 8.57. The monoisotopic (exact) mass is 437 g/mol. The van der Waals surface area contributed by atoms with Crippen molar-refractivity contribution < 1.29 is 19.1 Å². The van der Waals surface area contributed by atoms with Gasteiger partial charge in [-0.2, -0.15) is 0 Å². The lowest BCUT2D eigenvalue weighted by molar-refractivity contribution is 0.0449. The van der Waals surface area contributed by atoms with Gasteiger partial charge in [0.15, 0.2) is 0 Å². The van der Waals surface area contributed by atoms with Crippen molar-refractivity contribution in [2.45, 2.75) is 38.6 Å². The zero-order valence-electron chi connectivity index (χ0n) is 18.2. The quantitative estimate of drug-likeness (QED) is 0.531. The van der Waals surface area contributed by atoms with Crippen LogP contribution < -0.4 is 20.5 Å². The second-order valence-corrected chi connectivity index (χ2v) is 8.21. The van der Waals surface area contributed by atoms with Gasteiger partial charge in [-0.1, -0.05) is 13.3 Å². The molecule has 0 unspecified atom stereocenters. The molecule has 3 N–H and O–H groups in total. The van der Waals surface area contributed by atoms with E-state index in [0.717, 1.165) is 25.7 Å². The number of hydrogen-bond acceptors (Lipinski definition) is 6. The number of hydrogen-bond donors (Lipinski definition) is 2. The molecule has 9 heteroatoms. The minimum atomic E-state index is -0.560. The summed E-state index contributed by atoms with van der Waals surface area (Å²) in [6.45, 7) is 2.57. The minimum absolute atomic E-state index is 0.0892. The molecular formula is C23H27N5O4.